The van der Waals surface area contributed by atoms with Gasteiger partial charge >= 0.3 is 0 Å². The van der Waals surface area contributed by atoms with Crippen LogP contribution in [-0.4, -0.2) is 37.0 Å². The van der Waals surface area contributed by atoms with Crippen LogP contribution in [-0.2, 0) is 4.79 Å². The molecule has 0 aliphatic heterocycles. The van der Waals surface area contributed by atoms with Gasteiger partial charge in [0, 0.05) is 18.7 Å². The first-order valence-electron chi connectivity index (χ1n) is 9.91. The molecule has 0 saturated heterocycles. The van der Waals surface area contributed by atoms with Crippen molar-refractivity contribution < 1.29 is 9.53 Å². The van der Waals surface area contributed by atoms with Crippen LogP contribution in [0, 0.1) is 0 Å². The van der Waals surface area contributed by atoms with Crippen molar-refractivity contribution in [1.29, 1.82) is 0 Å². The van der Waals surface area contributed by atoms with Gasteiger partial charge in [0.25, 0.3) is 5.91 Å². The molecule has 0 saturated carbocycles. The number of carbonyl (C=O) groups is 1. The van der Waals surface area contributed by atoms with Crippen molar-refractivity contribution in [3.8, 4) is 5.75 Å². The van der Waals surface area contributed by atoms with Gasteiger partial charge in [-0.15, -0.1) is 0 Å². The van der Waals surface area contributed by atoms with Crippen LogP contribution < -0.4 is 10.1 Å². The summed E-state index contributed by atoms with van der Waals surface area (Å²) in [5.41, 5.74) is 0.844. The maximum Gasteiger partial charge on any atom is 0.265 e. The molecule has 0 spiro atoms. The quantitative estimate of drug-likeness (QED) is 0.601. The van der Waals surface area contributed by atoms with Crippen LogP contribution in [0.2, 0.25) is 0 Å². The summed E-state index contributed by atoms with van der Waals surface area (Å²) in [7, 11) is 0. The van der Waals surface area contributed by atoms with Crippen LogP contribution in [0.3, 0.4) is 0 Å². The molecule has 4 nitrogen and oxygen atoms in total. The highest BCUT2D eigenvalue weighted by Crippen LogP contribution is 2.26. The van der Waals surface area contributed by atoms with E-state index < -0.39 is 6.10 Å². The van der Waals surface area contributed by atoms with Crippen molar-refractivity contribution in [2.45, 2.75) is 20.0 Å². The molecule has 0 bridgehead atoms. The van der Waals surface area contributed by atoms with E-state index in [1.165, 1.54) is 0 Å². The molecule has 0 aliphatic rings. The van der Waals surface area contributed by atoms with Crippen molar-refractivity contribution in [3.05, 3.63) is 78.4 Å². The van der Waals surface area contributed by atoms with Gasteiger partial charge in [-0.05, 0) is 36.0 Å². The second-order valence-corrected chi connectivity index (χ2v) is 6.74. The number of carbonyl (C=O) groups excluding carboxylic acids is 1. The zero-order valence-electron chi connectivity index (χ0n) is 16.6. The average Bonchev–Trinajstić information content (AvgIpc) is 2.75. The topological polar surface area (TPSA) is 41.6 Å². The van der Waals surface area contributed by atoms with E-state index in [2.05, 4.69) is 30.1 Å². The Bertz CT molecular complexity index is 891. The summed E-state index contributed by atoms with van der Waals surface area (Å²) in [6.45, 7) is 7.63. The van der Waals surface area contributed by atoms with Gasteiger partial charge in [-0.1, -0.05) is 74.5 Å². The van der Waals surface area contributed by atoms with Gasteiger partial charge in [-0.3, -0.25) is 4.79 Å². The Hall–Kier alpha value is -2.85. The standard InChI is InChI=1S/C24H28N2O2/c1-3-26(4-2)17-16-25-24(27)23(20-11-6-5-7-12-20)28-22-15-14-19-10-8-9-13-21(19)18-22/h5-15,18,23H,3-4,16-17H2,1-2H3,(H,25,27). The first kappa shape index (κ1) is 19.9. The molecule has 0 fully saturated rings. The minimum atomic E-state index is -0.681. The van der Waals surface area contributed by atoms with Crippen LogP contribution in [0.15, 0.2) is 72.8 Å². The number of fused-ring (bicyclic) bond motifs is 1. The fourth-order valence-electron chi connectivity index (χ4n) is 3.25. The van der Waals surface area contributed by atoms with Crippen molar-refractivity contribution in [2.75, 3.05) is 26.2 Å². The van der Waals surface area contributed by atoms with Gasteiger partial charge in [0.15, 0.2) is 0 Å². The number of ether oxygens (including phenoxy) is 1. The first-order valence-corrected chi connectivity index (χ1v) is 9.91. The van der Waals surface area contributed by atoms with Crippen molar-refractivity contribution >= 4 is 16.7 Å². The van der Waals surface area contributed by atoms with Crippen LogP contribution in [0.1, 0.15) is 25.5 Å². The summed E-state index contributed by atoms with van der Waals surface area (Å²) >= 11 is 0. The molecule has 28 heavy (non-hydrogen) atoms. The Morgan fingerprint density at radius 1 is 0.929 bits per heavy atom. The van der Waals surface area contributed by atoms with Crippen LogP contribution in [0.25, 0.3) is 10.8 Å². The van der Waals surface area contributed by atoms with Gasteiger partial charge in [0.2, 0.25) is 6.10 Å². The molecular formula is C24H28N2O2. The molecule has 1 N–H and O–H groups in total. The number of nitrogens with zero attached hydrogens (tertiary/aromatic N) is 1. The lowest BCUT2D eigenvalue weighted by Gasteiger charge is -2.21. The third kappa shape index (κ3) is 5.11. The molecule has 0 radical (unpaired) electrons. The van der Waals surface area contributed by atoms with E-state index >= 15 is 0 Å². The van der Waals surface area contributed by atoms with E-state index in [9.17, 15) is 4.79 Å². The molecule has 3 rings (SSSR count). The lowest BCUT2D eigenvalue weighted by molar-refractivity contribution is -0.128. The molecule has 1 unspecified atom stereocenters. The number of hydrogen-bond acceptors (Lipinski definition) is 3. The van der Waals surface area contributed by atoms with Gasteiger partial charge < -0.3 is 15.0 Å². The number of nitrogens with one attached hydrogen (secondary N) is 1. The average molecular weight is 377 g/mol. The van der Waals surface area contributed by atoms with E-state index in [-0.39, 0.29) is 5.91 Å². The normalized spacial score (nSPS) is 12.1. The minimum absolute atomic E-state index is 0.119. The van der Waals surface area contributed by atoms with Crippen molar-refractivity contribution in [2.24, 2.45) is 0 Å². The smallest absolute Gasteiger partial charge is 0.265 e. The molecule has 0 heterocycles. The summed E-state index contributed by atoms with van der Waals surface area (Å²) in [5, 5.41) is 5.27. The third-order valence-electron chi connectivity index (χ3n) is 4.94. The first-order chi connectivity index (χ1) is 13.7. The highest BCUT2D eigenvalue weighted by atomic mass is 16.5. The molecule has 3 aromatic carbocycles. The van der Waals surface area contributed by atoms with E-state index in [1.54, 1.807) is 0 Å². The van der Waals surface area contributed by atoms with Gasteiger partial charge in [0.05, 0.1) is 0 Å². The number of amides is 1. The fraction of sp³-hybridized carbons (Fsp3) is 0.292. The molecule has 4 heteroatoms. The number of likely N-dealkylation sites (N-methyl/N-ethyl adjacent to an activating group) is 1. The predicted octanol–water partition coefficient (Wildman–Crippen LogP) is 4.42. The number of hydrogen-bond donors (Lipinski definition) is 1. The zero-order valence-corrected chi connectivity index (χ0v) is 16.6. The SMILES string of the molecule is CCN(CC)CCNC(=O)C(Oc1ccc2ccccc2c1)c1ccccc1. The van der Waals surface area contributed by atoms with Crippen LogP contribution in [0.4, 0.5) is 0 Å². The molecule has 146 valence electrons. The van der Waals surface area contributed by atoms with Gasteiger partial charge in [0.1, 0.15) is 5.75 Å². The zero-order chi connectivity index (χ0) is 19.8. The second kappa shape index (κ2) is 9.90. The highest BCUT2D eigenvalue weighted by Gasteiger charge is 2.22. The number of benzene rings is 3. The molecule has 0 aromatic heterocycles. The van der Waals surface area contributed by atoms with E-state index in [0.717, 1.165) is 36.0 Å². The van der Waals surface area contributed by atoms with Crippen LogP contribution >= 0.6 is 0 Å². The Morgan fingerprint density at radius 3 is 2.32 bits per heavy atom. The summed E-state index contributed by atoms with van der Waals surface area (Å²) < 4.78 is 6.15. The van der Waals surface area contributed by atoms with Gasteiger partial charge in [-0.25, -0.2) is 0 Å². The van der Waals surface area contributed by atoms with E-state index in [0.29, 0.717) is 12.3 Å². The minimum Gasteiger partial charge on any atom is -0.476 e. The Labute approximate surface area is 167 Å². The number of rotatable bonds is 9. The molecule has 1 atom stereocenters. The molecule has 1 amide bonds. The lowest BCUT2D eigenvalue weighted by atomic mass is 10.1. The summed E-state index contributed by atoms with van der Waals surface area (Å²) in [5.74, 6) is 0.568. The van der Waals surface area contributed by atoms with Crippen molar-refractivity contribution in [3.63, 3.8) is 0 Å². The van der Waals surface area contributed by atoms with Crippen LogP contribution in [0.5, 0.6) is 5.75 Å². The second-order valence-electron chi connectivity index (χ2n) is 6.74. The molecule has 0 aliphatic carbocycles. The lowest BCUT2D eigenvalue weighted by Crippen LogP contribution is -2.38. The highest BCUT2D eigenvalue weighted by molar-refractivity contribution is 5.85. The largest absolute Gasteiger partial charge is 0.476 e. The Balaban J connectivity index is 1.75. The maximum atomic E-state index is 12.9. The fourth-order valence-corrected chi connectivity index (χ4v) is 3.25. The summed E-state index contributed by atoms with van der Waals surface area (Å²) in [4.78, 5) is 15.2. The maximum absolute atomic E-state index is 12.9. The van der Waals surface area contributed by atoms with Gasteiger partial charge in [-0.2, -0.15) is 0 Å². The third-order valence-corrected chi connectivity index (χ3v) is 4.94. The summed E-state index contributed by atoms with van der Waals surface area (Å²) in [6.07, 6.45) is -0.681. The molecular weight excluding hydrogens is 348 g/mol. The monoisotopic (exact) mass is 376 g/mol. The Morgan fingerprint density at radius 2 is 1.61 bits per heavy atom. The predicted molar refractivity (Wildman–Crippen MR) is 115 cm³/mol. The summed E-state index contributed by atoms with van der Waals surface area (Å²) in [6, 6.07) is 23.7. The van der Waals surface area contributed by atoms with Crippen molar-refractivity contribution in [1.82, 2.24) is 10.2 Å². The van der Waals surface area contributed by atoms with E-state index in [1.807, 2.05) is 66.7 Å². The van der Waals surface area contributed by atoms with E-state index in [4.69, 9.17) is 4.74 Å². The molecule has 3 aromatic rings. The Kier molecular flexibility index (Phi) is 7.04.